The van der Waals surface area contributed by atoms with Gasteiger partial charge in [0.05, 0.1) is 26.0 Å². The van der Waals surface area contributed by atoms with E-state index in [-0.39, 0.29) is 22.8 Å². The minimum atomic E-state index is -0.236. The molecule has 0 aliphatic rings. The van der Waals surface area contributed by atoms with E-state index in [2.05, 4.69) is 38.4 Å². The third kappa shape index (κ3) is 4.91. The number of fused-ring (bicyclic) bond motifs is 1. The number of carbonyl (C=O) groups is 1. The van der Waals surface area contributed by atoms with Crippen LogP contribution in [0.4, 0.5) is 0 Å². The number of benzene rings is 1. The smallest absolute Gasteiger partial charge is 0.274 e. The number of quaternary nitrogens is 1. The number of hydrogen-bond acceptors (Lipinski definition) is 3. The second-order valence-electron chi connectivity index (χ2n) is 8.51. The van der Waals surface area contributed by atoms with Crippen LogP contribution in [0.3, 0.4) is 0 Å². The highest BCUT2D eigenvalue weighted by molar-refractivity contribution is 6.04. The zero-order chi connectivity index (χ0) is 19.5. The summed E-state index contributed by atoms with van der Waals surface area (Å²) in [7, 11) is 4.20. The summed E-state index contributed by atoms with van der Waals surface area (Å²) in [6.45, 7) is 10.3. The Kier molecular flexibility index (Phi) is 6.18. The first-order valence-electron chi connectivity index (χ1n) is 9.18. The lowest BCUT2D eigenvalue weighted by Gasteiger charge is -2.26. The van der Waals surface area contributed by atoms with E-state index in [9.17, 15) is 9.59 Å². The number of amides is 1. The Bertz CT molecular complexity index is 837. The van der Waals surface area contributed by atoms with Crippen molar-refractivity contribution in [1.82, 2.24) is 15.1 Å². The van der Waals surface area contributed by atoms with E-state index in [1.807, 2.05) is 26.0 Å². The first kappa shape index (κ1) is 20.1. The highest BCUT2D eigenvalue weighted by Gasteiger charge is 2.24. The zero-order valence-electron chi connectivity index (χ0n) is 16.7. The molecule has 6 heteroatoms. The maximum absolute atomic E-state index is 12.8. The molecular formula is C20H31N4O2+. The van der Waals surface area contributed by atoms with Gasteiger partial charge in [0, 0.05) is 23.9 Å². The van der Waals surface area contributed by atoms with Gasteiger partial charge in [-0.15, -0.1) is 0 Å². The number of rotatable bonds is 7. The van der Waals surface area contributed by atoms with Crippen LogP contribution in [-0.2, 0) is 6.54 Å². The molecule has 2 aromatic rings. The van der Waals surface area contributed by atoms with E-state index in [0.717, 1.165) is 6.54 Å². The third-order valence-corrected chi connectivity index (χ3v) is 4.18. The van der Waals surface area contributed by atoms with E-state index >= 15 is 0 Å². The molecule has 2 rings (SSSR count). The lowest BCUT2D eigenvalue weighted by molar-refractivity contribution is -0.865. The molecule has 6 nitrogen and oxygen atoms in total. The molecule has 0 saturated heterocycles. The minimum Gasteiger partial charge on any atom is -0.350 e. The molecule has 1 aromatic heterocycles. The first-order chi connectivity index (χ1) is 12.1. The Morgan fingerprint density at radius 2 is 1.85 bits per heavy atom. The van der Waals surface area contributed by atoms with Crippen LogP contribution in [0.2, 0.25) is 0 Å². The summed E-state index contributed by atoms with van der Waals surface area (Å²) < 4.78 is 1.41. The van der Waals surface area contributed by atoms with Crippen LogP contribution in [0.5, 0.6) is 0 Å². The lowest BCUT2D eigenvalue weighted by atomic mass is 9.93. The van der Waals surface area contributed by atoms with Crippen LogP contribution in [0.1, 0.15) is 38.2 Å². The predicted molar refractivity (Wildman–Crippen MR) is 105 cm³/mol. The molecule has 0 aliphatic heterocycles. The molecule has 0 aliphatic carbocycles. The van der Waals surface area contributed by atoms with E-state index < -0.39 is 0 Å². The molecule has 2 N–H and O–H groups in total. The standard InChI is InChI=1S/C20H30N4O2/c1-14(2)11-24-19(26)16-10-8-7-9-15(16)17(22-24)18(25)21-12-20(3,4)13-23(5)6/h7-10,14H,11-13H2,1-6H3,(H,21,25)/p+1. The van der Waals surface area contributed by atoms with Gasteiger partial charge >= 0.3 is 0 Å². The largest absolute Gasteiger partial charge is 0.350 e. The third-order valence-electron chi connectivity index (χ3n) is 4.18. The Morgan fingerprint density at radius 3 is 2.42 bits per heavy atom. The SMILES string of the molecule is CC(C)Cn1nc(C(=O)NCC(C)(C)C[NH+](C)C)c2ccccc2c1=O. The van der Waals surface area contributed by atoms with Crippen LogP contribution in [0.15, 0.2) is 29.1 Å². The molecule has 0 unspecified atom stereocenters. The van der Waals surface area contributed by atoms with E-state index in [1.54, 1.807) is 12.1 Å². The number of carbonyl (C=O) groups excluding carboxylic acids is 1. The molecule has 0 bridgehead atoms. The van der Waals surface area contributed by atoms with Crippen molar-refractivity contribution in [2.24, 2.45) is 11.3 Å². The first-order valence-corrected chi connectivity index (χ1v) is 9.18. The summed E-state index contributed by atoms with van der Waals surface area (Å²) in [5.41, 5.74) is 0.132. The van der Waals surface area contributed by atoms with Crippen LogP contribution in [0, 0.1) is 11.3 Å². The van der Waals surface area contributed by atoms with E-state index in [1.165, 1.54) is 9.58 Å². The fourth-order valence-corrected chi connectivity index (χ4v) is 3.30. The van der Waals surface area contributed by atoms with Gasteiger partial charge in [-0.2, -0.15) is 5.10 Å². The van der Waals surface area contributed by atoms with Crippen molar-refractivity contribution < 1.29 is 9.69 Å². The molecule has 26 heavy (non-hydrogen) atoms. The lowest BCUT2D eigenvalue weighted by Crippen LogP contribution is -3.07. The number of nitrogens with zero attached hydrogens (tertiary/aromatic N) is 2. The summed E-state index contributed by atoms with van der Waals surface area (Å²) in [5.74, 6) is 0.0276. The topological polar surface area (TPSA) is 68.4 Å². The van der Waals surface area contributed by atoms with Gasteiger partial charge in [0.25, 0.3) is 11.5 Å². The molecule has 0 radical (unpaired) electrons. The van der Waals surface area contributed by atoms with Crippen molar-refractivity contribution in [3.8, 4) is 0 Å². The van der Waals surface area contributed by atoms with Crippen LogP contribution in [-0.4, -0.2) is 42.9 Å². The van der Waals surface area contributed by atoms with E-state index in [4.69, 9.17) is 0 Å². The van der Waals surface area contributed by atoms with Gasteiger partial charge in [0.2, 0.25) is 0 Å². The molecular weight excluding hydrogens is 328 g/mol. The van der Waals surface area contributed by atoms with Gasteiger partial charge in [-0.25, -0.2) is 4.68 Å². The Morgan fingerprint density at radius 1 is 1.23 bits per heavy atom. The monoisotopic (exact) mass is 359 g/mol. The number of hydrogen-bond donors (Lipinski definition) is 2. The molecule has 0 atom stereocenters. The maximum Gasteiger partial charge on any atom is 0.274 e. The fourth-order valence-electron chi connectivity index (χ4n) is 3.30. The summed E-state index contributed by atoms with van der Waals surface area (Å²) >= 11 is 0. The molecule has 1 heterocycles. The summed E-state index contributed by atoms with van der Waals surface area (Å²) in [6, 6.07) is 7.18. The highest BCUT2D eigenvalue weighted by atomic mass is 16.2. The van der Waals surface area contributed by atoms with Crippen molar-refractivity contribution in [1.29, 1.82) is 0 Å². The fraction of sp³-hybridized carbons (Fsp3) is 0.550. The van der Waals surface area contributed by atoms with Crippen molar-refractivity contribution in [3.05, 3.63) is 40.3 Å². The van der Waals surface area contributed by atoms with Gasteiger partial charge in [-0.3, -0.25) is 9.59 Å². The molecule has 0 fully saturated rings. The molecule has 142 valence electrons. The Labute approximate surface area is 155 Å². The van der Waals surface area contributed by atoms with Crippen LogP contribution < -0.4 is 15.8 Å². The van der Waals surface area contributed by atoms with Gasteiger partial charge in [0.15, 0.2) is 5.69 Å². The summed E-state index contributed by atoms with van der Waals surface area (Å²) in [4.78, 5) is 26.8. The number of nitrogens with one attached hydrogen (secondary N) is 2. The summed E-state index contributed by atoms with van der Waals surface area (Å²) in [6.07, 6.45) is 0. The van der Waals surface area contributed by atoms with Crippen molar-refractivity contribution >= 4 is 16.7 Å². The van der Waals surface area contributed by atoms with Crippen molar-refractivity contribution in [2.45, 2.75) is 34.2 Å². The van der Waals surface area contributed by atoms with Gasteiger partial charge < -0.3 is 10.2 Å². The van der Waals surface area contributed by atoms with Gasteiger partial charge in [-0.1, -0.05) is 45.9 Å². The second-order valence-corrected chi connectivity index (χ2v) is 8.51. The van der Waals surface area contributed by atoms with Crippen molar-refractivity contribution in [3.63, 3.8) is 0 Å². The normalized spacial score (nSPS) is 12.2. The molecule has 0 saturated carbocycles. The highest BCUT2D eigenvalue weighted by Crippen LogP contribution is 2.15. The minimum absolute atomic E-state index is 0.0311. The molecule has 1 aromatic carbocycles. The van der Waals surface area contributed by atoms with Gasteiger partial charge in [-0.05, 0) is 12.0 Å². The summed E-state index contributed by atoms with van der Waals surface area (Å²) in [5, 5.41) is 8.53. The quantitative estimate of drug-likeness (QED) is 0.774. The van der Waals surface area contributed by atoms with Gasteiger partial charge in [0.1, 0.15) is 0 Å². The Hall–Kier alpha value is -2.21. The van der Waals surface area contributed by atoms with Crippen LogP contribution in [0.25, 0.3) is 10.8 Å². The second kappa shape index (κ2) is 7.99. The van der Waals surface area contributed by atoms with Crippen molar-refractivity contribution in [2.75, 3.05) is 27.2 Å². The number of aromatic nitrogens is 2. The average molecular weight is 359 g/mol. The molecule has 0 spiro atoms. The molecule has 1 amide bonds. The predicted octanol–water partition coefficient (Wildman–Crippen LogP) is 0.953. The van der Waals surface area contributed by atoms with E-state index in [0.29, 0.717) is 29.6 Å². The zero-order valence-corrected chi connectivity index (χ0v) is 16.7. The average Bonchev–Trinajstić information content (AvgIpc) is 2.54. The van der Waals surface area contributed by atoms with Crippen LogP contribution >= 0.6 is 0 Å². The maximum atomic E-state index is 12.8. The Balaban J connectivity index is 2.37.